The topological polar surface area (TPSA) is 147 Å². The lowest BCUT2D eigenvalue weighted by Crippen LogP contribution is -2.59. The van der Waals surface area contributed by atoms with Crippen LogP contribution in [0, 0.1) is 12.3 Å². The summed E-state index contributed by atoms with van der Waals surface area (Å²) in [6.45, 7) is 8.38. The van der Waals surface area contributed by atoms with Crippen molar-refractivity contribution in [3.8, 4) is 16.2 Å². The number of unbranched alkanes of at least 4 members (excludes halogenated alkanes) is 1. The second-order valence-corrected chi connectivity index (χ2v) is 13.1. The molecule has 0 unspecified atom stereocenters. The zero-order chi connectivity index (χ0) is 30.7. The Balaban J connectivity index is 0.00000506. The van der Waals surface area contributed by atoms with Crippen molar-refractivity contribution >= 4 is 41.5 Å². The van der Waals surface area contributed by atoms with Crippen LogP contribution in [0.4, 0.5) is 4.39 Å². The molecule has 2 aliphatic rings. The molecule has 238 valence electrons. The zero-order valence-electron chi connectivity index (χ0n) is 25.2. The van der Waals surface area contributed by atoms with Gasteiger partial charge in [0.05, 0.1) is 28.8 Å². The molecular weight excluding hydrogens is 597 g/mol. The Labute approximate surface area is 262 Å². The van der Waals surface area contributed by atoms with Crippen molar-refractivity contribution in [1.29, 1.82) is 0 Å². The predicted octanol–water partition coefficient (Wildman–Crippen LogP) is 3.27. The first-order chi connectivity index (χ1) is 19.8. The van der Waals surface area contributed by atoms with Crippen LogP contribution in [0.1, 0.15) is 64.1 Å². The number of rotatable bonds is 12. The van der Waals surface area contributed by atoms with Crippen LogP contribution in [0.15, 0.2) is 23.7 Å². The standard InChI is InChI=1S/C30H42FN5O5S.ClH/c1-18-24(42-17-34-18)19-7-8-20(23(13-19)41-12-6-5-11-32)15-33-26(38)22-14-21(37)16-36(22)27(39)25(29(2,3)4)35-28(40)30(31)9-10-30;/h7-8,13,17,21-22,25,37H,5-6,9-12,14-16,32H2,1-4H3,(H,33,38)(H,35,40);1H/t21-,22+,25-;/m1./s1. The molecule has 1 aliphatic carbocycles. The van der Waals surface area contributed by atoms with Crippen molar-refractivity contribution in [2.24, 2.45) is 11.1 Å². The summed E-state index contributed by atoms with van der Waals surface area (Å²) in [4.78, 5) is 46.3. The molecule has 0 radical (unpaired) electrons. The summed E-state index contributed by atoms with van der Waals surface area (Å²) < 4.78 is 20.5. The number of likely N-dealkylation sites (tertiary alicyclic amines) is 1. The van der Waals surface area contributed by atoms with Gasteiger partial charge in [-0.3, -0.25) is 14.4 Å². The van der Waals surface area contributed by atoms with E-state index in [0.29, 0.717) is 18.9 Å². The number of aliphatic hydroxyl groups is 1. The fourth-order valence-electron chi connectivity index (χ4n) is 5.00. The second-order valence-electron chi connectivity index (χ2n) is 12.3. The van der Waals surface area contributed by atoms with Crippen molar-refractivity contribution in [3.05, 3.63) is 35.0 Å². The number of aromatic nitrogens is 1. The van der Waals surface area contributed by atoms with Gasteiger partial charge in [0, 0.05) is 25.1 Å². The second kappa shape index (κ2) is 14.3. The lowest BCUT2D eigenvalue weighted by Gasteiger charge is -2.35. The molecule has 2 heterocycles. The Kier molecular flexibility index (Phi) is 11.6. The van der Waals surface area contributed by atoms with Crippen molar-refractivity contribution in [3.63, 3.8) is 0 Å². The molecule has 10 nitrogen and oxygen atoms in total. The van der Waals surface area contributed by atoms with Crippen LogP contribution in [0.5, 0.6) is 5.75 Å². The van der Waals surface area contributed by atoms with Gasteiger partial charge >= 0.3 is 0 Å². The lowest BCUT2D eigenvalue weighted by molar-refractivity contribution is -0.145. The Morgan fingerprint density at radius 1 is 1.28 bits per heavy atom. The summed E-state index contributed by atoms with van der Waals surface area (Å²) in [5, 5.41) is 15.9. The van der Waals surface area contributed by atoms with Gasteiger partial charge in [-0.25, -0.2) is 9.37 Å². The minimum absolute atomic E-state index is 0. The van der Waals surface area contributed by atoms with E-state index in [4.69, 9.17) is 10.5 Å². The number of hydrogen-bond acceptors (Lipinski definition) is 8. The van der Waals surface area contributed by atoms with E-state index in [1.807, 2.05) is 25.1 Å². The number of halogens is 2. The van der Waals surface area contributed by atoms with Crippen LogP contribution in [-0.2, 0) is 20.9 Å². The first-order valence-electron chi connectivity index (χ1n) is 14.5. The number of alkyl halides is 1. The summed E-state index contributed by atoms with van der Waals surface area (Å²) in [6.07, 6.45) is 1.03. The number of carbonyl (C=O) groups is 3. The normalized spacial score (nSPS) is 19.7. The number of benzene rings is 1. The molecule has 2 aromatic rings. The van der Waals surface area contributed by atoms with Gasteiger partial charge < -0.3 is 31.1 Å². The van der Waals surface area contributed by atoms with Crippen LogP contribution in [0.2, 0.25) is 0 Å². The summed E-state index contributed by atoms with van der Waals surface area (Å²) in [5.41, 5.74) is 7.37. The van der Waals surface area contributed by atoms with E-state index in [-0.39, 0.29) is 44.8 Å². The van der Waals surface area contributed by atoms with Crippen LogP contribution < -0.4 is 21.1 Å². The number of nitrogens with zero attached hydrogens (tertiary/aromatic N) is 2. The first kappa shape index (κ1) is 34.7. The molecule has 2 fully saturated rings. The van der Waals surface area contributed by atoms with Gasteiger partial charge in [-0.15, -0.1) is 23.7 Å². The van der Waals surface area contributed by atoms with E-state index in [2.05, 4.69) is 15.6 Å². The summed E-state index contributed by atoms with van der Waals surface area (Å²) >= 11 is 1.54. The molecule has 1 saturated carbocycles. The van der Waals surface area contributed by atoms with Crippen LogP contribution >= 0.6 is 23.7 Å². The minimum atomic E-state index is -1.94. The molecule has 3 amide bonds. The molecule has 1 aromatic heterocycles. The molecule has 0 bridgehead atoms. The van der Waals surface area contributed by atoms with E-state index in [9.17, 15) is 23.9 Å². The molecule has 13 heteroatoms. The molecular formula is C30H43ClFN5O5S. The maximum atomic E-state index is 14.4. The third-order valence-electron chi connectivity index (χ3n) is 7.73. The van der Waals surface area contributed by atoms with Gasteiger partial charge in [0.1, 0.15) is 17.8 Å². The van der Waals surface area contributed by atoms with Gasteiger partial charge in [-0.1, -0.05) is 32.9 Å². The van der Waals surface area contributed by atoms with Gasteiger partial charge in [0.25, 0.3) is 5.91 Å². The first-order valence-corrected chi connectivity index (χ1v) is 15.3. The molecule has 5 N–H and O–H groups in total. The van der Waals surface area contributed by atoms with Crippen molar-refractivity contribution in [2.45, 2.75) is 90.2 Å². The number of nitrogens with two attached hydrogens (primary N) is 1. The van der Waals surface area contributed by atoms with Crippen molar-refractivity contribution < 1.29 is 28.6 Å². The Morgan fingerprint density at radius 3 is 2.60 bits per heavy atom. The maximum Gasteiger partial charge on any atom is 0.258 e. The van der Waals surface area contributed by atoms with Crippen molar-refractivity contribution in [1.82, 2.24) is 20.5 Å². The fourth-order valence-corrected chi connectivity index (χ4v) is 5.80. The number of hydrogen-bond donors (Lipinski definition) is 4. The number of thiazole rings is 1. The van der Waals surface area contributed by atoms with Gasteiger partial charge in [-0.05, 0) is 56.2 Å². The molecule has 1 aromatic carbocycles. The largest absolute Gasteiger partial charge is 0.493 e. The van der Waals surface area contributed by atoms with E-state index in [1.54, 1.807) is 26.3 Å². The lowest BCUT2D eigenvalue weighted by atomic mass is 9.85. The summed E-state index contributed by atoms with van der Waals surface area (Å²) in [6, 6.07) is 3.79. The number of ether oxygens (including phenoxy) is 1. The Morgan fingerprint density at radius 2 is 2.00 bits per heavy atom. The Bertz CT molecular complexity index is 1300. The summed E-state index contributed by atoms with van der Waals surface area (Å²) in [5.74, 6) is -1.13. The molecule has 1 aliphatic heterocycles. The highest BCUT2D eigenvalue weighted by Crippen LogP contribution is 2.40. The highest BCUT2D eigenvalue weighted by atomic mass is 35.5. The highest BCUT2D eigenvalue weighted by Gasteiger charge is 2.53. The predicted molar refractivity (Wildman–Crippen MR) is 166 cm³/mol. The van der Waals surface area contributed by atoms with Gasteiger partial charge in [0.2, 0.25) is 11.8 Å². The molecule has 0 spiro atoms. The SMILES string of the molecule is Cc1ncsc1-c1ccc(CNC(=O)[C@@H]2C[C@@H](O)CN2C(=O)[C@@H](NC(=O)C2(F)CC2)C(C)(C)C)c(OCCCCN)c1.Cl. The van der Waals surface area contributed by atoms with Crippen LogP contribution in [-0.4, -0.2) is 76.3 Å². The maximum absolute atomic E-state index is 14.4. The summed E-state index contributed by atoms with van der Waals surface area (Å²) in [7, 11) is 0. The highest BCUT2D eigenvalue weighted by molar-refractivity contribution is 7.13. The third-order valence-corrected chi connectivity index (χ3v) is 8.71. The molecule has 43 heavy (non-hydrogen) atoms. The quantitative estimate of drug-likeness (QED) is 0.261. The zero-order valence-corrected chi connectivity index (χ0v) is 26.8. The Hall–Kier alpha value is -2.80. The number of aliphatic hydroxyl groups excluding tert-OH is 1. The monoisotopic (exact) mass is 639 g/mol. The van der Waals surface area contributed by atoms with Crippen LogP contribution in [0.3, 0.4) is 0 Å². The van der Waals surface area contributed by atoms with Gasteiger partial charge in [-0.2, -0.15) is 0 Å². The van der Waals surface area contributed by atoms with E-state index < -0.39 is 47.0 Å². The average molecular weight is 640 g/mol. The van der Waals surface area contributed by atoms with Crippen molar-refractivity contribution in [2.75, 3.05) is 19.7 Å². The smallest absolute Gasteiger partial charge is 0.258 e. The molecule has 3 atom stereocenters. The van der Waals surface area contributed by atoms with E-state index in [1.165, 1.54) is 16.2 Å². The fraction of sp³-hybridized carbons (Fsp3) is 0.600. The molecule has 4 rings (SSSR count). The van der Waals surface area contributed by atoms with E-state index >= 15 is 0 Å². The van der Waals surface area contributed by atoms with Crippen LogP contribution in [0.25, 0.3) is 10.4 Å². The number of carbonyl (C=O) groups excluding carboxylic acids is 3. The number of nitrogens with one attached hydrogen (secondary N) is 2. The minimum Gasteiger partial charge on any atom is -0.493 e. The third kappa shape index (κ3) is 8.43. The molecule has 1 saturated heterocycles. The van der Waals surface area contributed by atoms with E-state index in [0.717, 1.165) is 34.5 Å². The number of amides is 3. The number of β-amino-alcohol motifs (C(OH)–C–C–N with tert-alkyl or cyclic N) is 1. The average Bonchev–Trinajstić information content (AvgIpc) is 3.35. The van der Waals surface area contributed by atoms with Gasteiger partial charge in [0.15, 0.2) is 5.67 Å². The number of aryl methyl sites for hydroxylation is 1.